The van der Waals surface area contributed by atoms with E-state index in [4.69, 9.17) is 4.74 Å². The molecule has 0 radical (unpaired) electrons. The largest absolute Gasteiger partial charge is 0.378 e. The topological polar surface area (TPSA) is 51.2 Å². The van der Waals surface area contributed by atoms with Crippen LogP contribution >= 0.6 is 11.8 Å². The minimum atomic E-state index is 0.140. The fraction of sp³-hybridized carbons (Fsp3) is 0.684. The average Bonchev–Trinajstić information content (AvgIpc) is 2.55. The molecule has 1 N–H and O–H groups in total. The summed E-state index contributed by atoms with van der Waals surface area (Å²) in [5, 5.41) is 2.98. The van der Waals surface area contributed by atoms with Crippen molar-refractivity contribution in [3.63, 3.8) is 0 Å². The lowest BCUT2D eigenvalue weighted by Crippen LogP contribution is -2.27. The summed E-state index contributed by atoms with van der Waals surface area (Å²) in [7, 11) is 0. The molecule has 0 aliphatic carbocycles. The summed E-state index contributed by atoms with van der Waals surface area (Å²) in [6.07, 6.45) is 7.43. The number of rotatable bonds is 13. The maximum Gasteiger partial charge on any atom is 0.220 e. The first kappa shape index (κ1) is 21.0. The first-order valence-electron chi connectivity index (χ1n) is 8.93. The van der Waals surface area contributed by atoms with E-state index in [0.717, 1.165) is 37.4 Å². The van der Waals surface area contributed by atoms with Gasteiger partial charge in [0.15, 0.2) is 0 Å². The third-order valence-corrected chi connectivity index (χ3v) is 4.71. The lowest BCUT2D eigenvalue weighted by Gasteiger charge is -2.14. The molecule has 0 bridgehead atoms. The molecule has 1 heterocycles. The van der Waals surface area contributed by atoms with Gasteiger partial charge in [-0.15, -0.1) is 0 Å². The van der Waals surface area contributed by atoms with Gasteiger partial charge >= 0.3 is 0 Å². The first-order valence-corrected chi connectivity index (χ1v) is 10.1. The van der Waals surface area contributed by atoms with Gasteiger partial charge in [-0.2, -0.15) is 11.8 Å². The van der Waals surface area contributed by atoms with Crippen molar-refractivity contribution >= 4 is 17.7 Å². The maximum atomic E-state index is 11.8. The quantitative estimate of drug-likeness (QED) is 0.550. The smallest absolute Gasteiger partial charge is 0.220 e. The summed E-state index contributed by atoms with van der Waals surface area (Å²) in [5.74, 6) is 2.73. The molecule has 1 aromatic rings. The number of aryl methyl sites for hydroxylation is 1. The Hall–Kier alpha value is -1.07. The number of carbonyl (C=O) groups is 1. The van der Waals surface area contributed by atoms with Gasteiger partial charge in [-0.3, -0.25) is 9.78 Å². The molecule has 0 spiro atoms. The fourth-order valence-electron chi connectivity index (χ4n) is 2.10. The number of aromatic nitrogens is 1. The van der Waals surface area contributed by atoms with Crippen molar-refractivity contribution in [1.29, 1.82) is 0 Å². The molecule has 1 amide bonds. The van der Waals surface area contributed by atoms with Gasteiger partial charge in [-0.05, 0) is 55.6 Å². The van der Waals surface area contributed by atoms with Gasteiger partial charge in [0.2, 0.25) is 5.91 Å². The Labute approximate surface area is 151 Å². The Morgan fingerprint density at radius 3 is 2.67 bits per heavy atom. The second-order valence-corrected chi connectivity index (χ2v) is 7.70. The van der Waals surface area contributed by atoms with Crippen molar-refractivity contribution < 1.29 is 9.53 Å². The van der Waals surface area contributed by atoms with Crippen LogP contribution in [0.3, 0.4) is 0 Å². The first-order chi connectivity index (χ1) is 11.6. The number of hydrogen-bond donors (Lipinski definition) is 1. The minimum absolute atomic E-state index is 0.140. The summed E-state index contributed by atoms with van der Waals surface area (Å²) >= 11 is 1.82. The van der Waals surface area contributed by atoms with Crippen molar-refractivity contribution in [3.05, 3.63) is 30.1 Å². The molecule has 0 aromatic carbocycles. The normalized spacial score (nSPS) is 12.3. The number of amides is 1. The van der Waals surface area contributed by atoms with Gasteiger partial charge in [-0.1, -0.05) is 13.8 Å². The fourth-order valence-corrected chi connectivity index (χ4v) is 3.01. The molecule has 0 aliphatic heterocycles. The second kappa shape index (κ2) is 13.2. The van der Waals surface area contributed by atoms with Gasteiger partial charge in [0.1, 0.15) is 0 Å². The molecule has 1 unspecified atom stereocenters. The Bertz CT molecular complexity index is 440. The summed E-state index contributed by atoms with van der Waals surface area (Å²) in [5.41, 5.74) is 1.30. The van der Waals surface area contributed by atoms with Crippen molar-refractivity contribution in [2.75, 3.05) is 24.7 Å². The second-order valence-electron chi connectivity index (χ2n) is 6.47. The van der Waals surface area contributed by atoms with Crippen molar-refractivity contribution in [2.24, 2.45) is 5.92 Å². The summed E-state index contributed by atoms with van der Waals surface area (Å²) in [6.45, 7) is 7.97. The highest BCUT2D eigenvalue weighted by molar-refractivity contribution is 7.99. The molecule has 136 valence electrons. The lowest BCUT2D eigenvalue weighted by atomic mass is 10.1. The number of nitrogens with zero attached hydrogens (tertiary/aromatic N) is 1. The highest BCUT2D eigenvalue weighted by Gasteiger charge is 2.05. The number of nitrogens with one attached hydrogen (secondary N) is 1. The monoisotopic (exact) mass is 352 g/mol. The Morgan fingerprint density at radius 1 is 1.21 bits per heavy atom. The third-order valence-electron chi connectivity index (χ3n) is 3.73. The van der Waals surface area contributed by atoms with E-state index >= 15 is 0 Å². The molecule has 0 saturated heterocycles. The van der Waals surface area contributed by atoms with Crippen LogP contribution in [0.5, 0.6) is 0 Å². The zero-order valence-corrected chi connectivity index (χ0v) is 16.1. The van der Waals surface area contributed by atoms with Crippen molar-refractivity contribution in [2.45, 2.75) is 52.6 Å². The van der Waals surface area contributed by atoms with E-state index in [9.17, 15) is 4.79 Å². The molecule has 1 rings (SSSR count). The molecule has 1 atom stereocenters. The van der Waals surface area contributed by atoms with Gasteiger partial charge in [0, 0.05) is 37.7 Å². The van der Waals surface area contributed by atoms with Crippen LogP contribution in [0.15, 0.2) is 24.5 Å². The third kappa shape index (κ3) is 11.5. The van der Waals surface area contributed by atoms with Crippen LogP contribution in [0.25, 0.3) is 0 Å². The lowest BCUT2D eigenvalue weighted by molar-refractivity contribution is -0.120. The Morgan fingerprint density at radius 2 is 1.96 bits per heavy atom. The Kier molecular flexibility index (Phi) is 11.6. The summed E-state index contributed by atoms with van der Waals surface area (Å²) in [4.78, 5) is 15.8. The molecule has 0 aliphatic rings. The van der Waals surface area contributed by atoms with Crippen molar-refractivity contribution in [3.8, 4) is 0 Å². The molecule has 24 heavy (non-hydrogen) atoms. The number of thioether (sulfide) groups is 1. The molecule has 0 saturated carbocycles. The van der Waals surface area contributed by atoms with E-state index in [1.54, 1.807) is 0 Å². The van der Waals surface area contributed by atoms with Gasteiger partial charge in [0.25, 0.3) is 0 Å². The standard InChI is InChI=1S/C19H32N2O2S/c1-16(2)7-13-23-17(3)4-12-21-19(22)9-15-24-14-8-18-5-10-20-11-6-18/h5-6,10-11,16-17H,4,7-9,12-15H2,1-3H3,(H,21,22). The molecular formula is C19H32N2O2S. The highest BCUT2D eigenvalue weighted by Crippen LogP contribution is 2.07. The van der Waals surface area contributed by atoms with Gasteiger partial charge < -0.3 is 10.1 Å². The number of hydrogen-bond acceptors (Lipinski definition) is 4. The van der Waals surface area contributed by atoms with Crippen LogP contribution in [-0.2, 0) is 16.0 Å². The summed E-state index contributed by atoms with van der Waals surface area (Å²) < 4.78 is 5.73. The van der Waals surface area contributed by atoms with Crippen LogP contribution < -0.4 is 5.32 Å². The molecule has 1 aromatic heterocycles. The van der Waals surface area contributed by atoms with Gasteiger partial charge in [0.05, 0.1) is 6.10 Å². The van der Waals surface area contributed by atoms with Gasteiger partial charge in [-0.25, -0.2) is 0 Å². The number of pyridine rings is 1. The van der Waals surface area contributed by atoms with E-state index < -0.39 is 0 Å². The molecule has 5 heteroatoms. The predicted octanol–water partition coefficient (Wildman–Crippen LogP) is 3.70. The van der Waals surface area contributed by atoms with E-state index in [0.29, 0.717) is 18.9 Å². The van der Waals surface area contributed by atoms with Crippen molar-refractivity contribution in [1.82, 2.24) is 10.3 Å². The zero-order valence-electron chi connectivity index (χ0n) is 15.3. The van der Waals surface area contributed by atoms with Crippen LogP contribution in [0.1, 0.15) is 45.6 Å². The van der Waals surface area contributed by atoms with Crippen LogP contribution in [-0.4, -0.2) is 41.7 Å². The number of ether oxygens (including phenoxy) is 1. The predicted molar refractivity (Wildman–Crippen MR) is 102 cm³/mol. The molecule has 0 fully saturated rings. The van der Waals surface area contributed by atoms with E-state index in [2.05, 4.69) is 31.1 Å². The maximum absolute atomic E-state index is 11.8. The summed E-state index contributed by atoms with van der Waals surface area (Å²) in [6, 6.07) is 4.08. The van der Waals surface area contributed by atoms with Crippen LogP contribution in [0.2, 0.25) is 0 Å². The van der Waals surface area contributed by atoms with E-state index in [1.165, 1.54) is 5.56 Å². The minimum Gasteiger partial charge on any atom is -0.378 e. The van der Waals surface area contributed by atoms with Crippen LogP contribution in [0, 0.1) is 5.92 Å². The average molecular weight is 353 g/mol. The number of carbonyl (C=O) groups excluding carboxylic acids is 1. The Balaban J connectivity index is 1.94. The van der Waals surface area contributed by atoms with E-state index in [1.807, 2.05) is 36.3 Å². The van der Waals surface area contributed by atoms with E-state index in [-0.39, 0.29) is 12.0 Å². The van der Waals surface area contributed by atoms with Crippen LogP contribution in [0.4, 0.5) is 0 Å². The highest BCUT2D eigenvalue weighted by atomic mass is 32.2. The molecule has 4 nitrogen and oxygen atoms in total. The SMILES string of the molecule is CC(C)CCOC(C)CCNC(=O)CCSCCc1ccncc1. The molecular weight excluding hydrogens is 320 g/mol. The zero-order chi connectivity index (χ0) is 17.6.